The lowest BCUT2D eigenvalue weighted by atomic mass is 10.0. The summed E-state index contributed by atoms with van der Waals surface area (Å²) in [6.45, 7) is 13.6. The maximum Gasteiger partial charge on any atom is 0.236 e. The Morgan fingerprint density at radius 1 is 1.09 bits per heavy atom. The van der Waals surface area contributed by atoms with Crippen molar-refractivity contribution in [3.63, 3.8) is 0 Å². The lowest BCUT2D eigenvalue weighted by Crippen LogP contribution is -2.52. The molecule has 8 nitrogen and oxygen atoms in total. The fourth-order valence-electron chi connectivity index (χ4n) is 4.98. The molecule has 5 rings (SSSR count). The van der Waals surface area contributed by atoms with Crippen LogP contribution in [0.25, 0.3) is 16.2 Å². The molecule has 1 amide bonds. The molecule has 2 aromatic heterocycles. The summed E-state index contributed by atoms with van der Waals surface area (Å²) in [5, 5.41) is 9.59. The standard InChI is InChI=1S/C26H37N7OS/c1-19-10-8-9-13-32(19)21(34)18-30-14-16-31(17-15-30)25-29-33-23(28-26(2,3)4)22(27-24(33)35-25)20-11-6-5-7-12-20/h5-7,11-12,19,28H,8-10,13-18H2,1-4H3/t19-/m1/s1. The second kappa shape index (κ2) is 9.78. The van der Waals surface area contributed by atoms with Crippen LogP contribution in [0.4, 0.5) is 10.9 Å². The summed E-state index contributed by atoms with van der Waals surface area (Å²) in [5.74, 6) is 1.21. The molecule has 2 aliphatic rings. The van der Waals surface area contributed by atoms with Crippen molar-refractivity contribution < 1.29 is 4.79 Å². The molecule has 3 aromatic rings. The number of nitrogens with one attached hydrogen (secondary N) is 1. The van der Waals surface area contributed by atoms with E-state index in [0.717, 1.165) is 72.7 Å². The Morgan fingerprint density at radius 2 is 1.83 bits per heavy atom. The van der Waals surface area contributed by atoms with Crippen molar-refractivity contribution in [2.24, 2.45) is 0 Å². The Labute approximate surface area is 211 Å². The largest absolute Gasteiger partial charge is 0.364 e. The summed E-state index contributed by atoms with van der Waals surface area (Å²) in [6, 6.07) is 10.7. The summed E-state index contributed by atoms with van der Waals surface area (Å²) in [4.78, 5) is 25.4. The van der Waals surface area contributed by atoms with Crippen LogP contribution in [0.5, 0.6) is 0 Å². The van der Waals surface area contributed by atoms with Crippen molar-refractivity contribution in [3.8, 4) is 11.3 Å². The van der Waals surface area contributed by atoms with Gasteiger partial charge in [0.1, 0.15) is 5.69 Å². The first-order valence-corrected chi connectivity index (χ1v) is 13.6. The van der Waals surface area contributed by atoms with Crippen LogP contribution in [-0.4, -0.2) is 81.2 Å². The number of piperazine rings is 1. The second-order valence-corrected chi connectivity index (χ2v) is 11.8. The van der Waals surface area contributed by atoms with Gasteiger partial charge < -0.3 is 15.1 Å². The van der Waals surface area contributed by atoms with Gasteiger partial charge in [-0.25, -0.2) is 4.98 Å². The van der Waals surface area contributed by atoms with Gasteiger partial charge in [-0.3, -0.25) is 9.69 Å². The minimum absolute atomic E-state index is 0.118. The van der Waals surface area contributed by atoms with E-state index in [1.807, 2.05) is 22.7 Å². The molecule has 2 aliphatic heterocycles. The van der Waals surface area contributed by atoms with E-state index in [1.54, 1.807) is 11.3 Å². The highest BCUT2D eigenvalue weighted by atomic mass is 32.1. The molecule has 2 saturated heterocycles. The van der Waals surface area contributed by atoms with E-state index in [1.165, 1.54) is 6.42 Å². The quantitative estimate of drug-likeness (QED) is 0.572. The highest BCUT2D eigenvalue weighted by Crippen LogP contribution is 2.35. The number of imidazole rings is 1. The molecule has 0 unspecified atom stereocenters. The molecule has 1 aromatic carbocycles. The van der Waals surface area contributed by atoms with Gasteiger partial charge in [0.2, 0.25) is 16.0 Å². The topological polar surface area (TPSA) is 69.0 Å². The van der Waals surface area contributed by atoms with Gasteiger partial charge in [-0.15, -0.1) is 5.10 Å². The molecule has 9 heteroatoms. The van der Waals surface area contributed by atoms with Crippen LogP contribution in [0.15, 0.2) is 30.3 Å². The highest BCUT2D eigenvalue weighted by Gasteiger charge is 2.28. The summed E-state index contributed by atoms with van der Waals surface area (Å²) >= 11 is 1.63. The van der Waals surface area contributed by atoms with E-state index >= 15 is 0 Å². The minimum atomic E-state index is -0.118. The summed E-state index contributed by atoms with van der Waals surface area (Å²) in [7, 11) is 0. The third-order valence-electron chi connectivity index (χ3n) is 6.86. The Morgan fingerprint density at radius 3 is 2.51 bits per heavy atom. The molecular formula is C26H37N7OS. The molecule has 188 valence electrons. The van der Waals surface area contributed by atoms with E-state index in [0.29, 0.717) is 12.6 Å². The molecular weight excluding hydrogens is 458 g/mol. The van der Waals surface area contributed by atoms with E-state index < -0.39 is 0 Å². The van der Waals surface area contributed by atoms with Gasteiger partial charge in [-0.1, -0.05) is 41.7 Å². The van der Waals surface area contributed by atoms with Crippen LogP contribution < -0.4 is 10.2 Å². The van der Waals surface area contributed by atoms with Crippen LogP contribution in [0, 0.1) is 0 Å². The number of piperidine rings is 1. The molecule has 2 fully saturated rings. The smallest absolute Gasteiger partial charge is 0.236 e. The minimum Gasteiger partial charge on any atom is -0.364 e. The number of likely N-dealkylation sites (tertiary alicyclic amines) is 1. The van der Waals surface area contributed by atoms with E-state index in [4.69, 9.17) is 10.1 Å². The van der Waals surface area contributed by atoms with Crippen LogP contribution >= 0.6 is 11.3 Å². The lowest BCUT2D eigenvalue weighted by molar-refractivity contribution is -0.135. The zero-order chi connectivity index (χ0) is 24.6. The number of rotatable bonds is 5. The normalized spacial score (nSPS) is 19.9. The Bertz CT molecular complexity index is 1160. The maximum absolute atomic E-state index is 12.9. The number of anilines is 2. The molecule has 0 bridgehead atoms. The first-order valence-electron chi connectivity index (χ1n) is 12.8. The molecule has 0 radical (unpaired) electrons. The fourth-order valence-corrected chi connectivity index (χ4v) is 5.93. The maximum atomic E-state index is 12.9. The Kier molecular flexibility index (Phi) is 6.72. The van der Waals surface area contributed by atoms with E-state index in [-0.39, 0.29) is 11.4 Å². The zero-order valence-electron chi connectivity index (χ0n) is 21.3. The van der Waals surface area contributed by atoms with Gasteiger partial charge in [0.25, 0.3) is 0 Å². The number of benzene rings is 1. The molecule has 4 heterocycles. The van der Waals surface area contributed by atoms with Gasteiger partial charge in [-0.05, 0) is 47.0 Å². The van der Waals surface area contributed by atoms with Gasteiger partial charge in [0.05, 0.1) is 6.54 Å². The second-order valence-electron chi connectivity index (χ2n) is 10.8. The number of hydrogen-bond donors (Lipinski definition) is 1. The van der Waals surface area contributed by atoms with Gasteiger partial charge in [-0.2, -0.15) is 4.52 Å². The molecule has 0 aliphatic carbocycles. The van der Waals surface area contributed by atoms with Crippen molar-refractivity contribution in [1.82, 2.24) is 24.4 Å². The first-order chi connectivity index (χ1) is 16.8. The van der Waals surface area contributed by atoms with E-state index in [9.17, 15) is 4.79 Å². The fraction of sp³-hybridized carbons (Fsp3) is 0.577. The number of fused-ring (bicyclic) bond motifs is 1. The average Bonchev–Trinajstić information content (AvgIpc) is 3.39. The third kappa shape index (κ3) is 5.30. The van der Waals surface area contributed by atoms with Gasteiger partial charge in [0, 0.05) is 49.9 Å². The van der Waals surface area contributed by atoms with Crippen LogP contribution in [-0.2, 0) is 4.79 Å². The van der Waals surface area contributed by atoms with Gasteiger partial charge in [0.15, 0.2) is 5.82 Å². The summed E-state index contributed by atoms with van der Waals surface area (Å²) in [6.07, 6.45) is 3.50. The number of hydrogen-bond acceptors (Lipinski definition) is 7. The number of carbonyl (C=O) groups excluding carboxylic acids is 1. The third-order valence-corrected chi connectivity index (χ3v) is 7.83. The molecule has 0 saturated carbocycles. The highest BCUT2D eigenvalue weighted by molar-refractivity contribution is 7.20. The van der Waals surface area contributed by atoms with Crippen molar-refractivity contribution in [3.05, 3.63) is 30.3 Å². The summed E-state index contributed by atoms with van der Waals surface area (Å²) in [5.41, 5.74) is 1.90. The predicted octanol–water partition coefficient (Wildman–Crippen LogP) is 4.19. The van der Waals surface area contributed by atoms with Crippen LogP contribution in [0.1, 0.15) is 47.0 Å². The van der Waals surface area contributed by atoms with Crippen molar-refractivity contribution >= 4 is 33.2 Å². The molecule has 35 heavy (non-hydrogen) atoms. The molecule has 1 atom stereocenters. The number of aromatic nitrogens is 3. The molecule has 1 N–H and O–H groups in total. The van der Waals surface area contributed by atoms with Crippen molar-refractivity contribution in [2.45, 2.75) is 58.5 Å². The number of carbonyl (C=O) groups is 1. The van der Waals surface area contributed by atoms with Crippen molar-refractivity contribution in [2.75, 3.05) is 49.5 Å². The lowest BCUT2D eigenvalue weighted by Gasteiger charge is -2.37. The van der Waals surface area contributed by atoms with Crippen LogP contribution in [0.3, 0.4) is 0 Å². The van der Waals surface area contributed by atoms with Crippen molar-refractivity contribution in [1.29, 1.82) is 0 Å². The average molecular weight is 496 g/mol. The van der Waals surface area contributed by atoms with E-state index in [2.05, 4.69) is 59.8 Å². The Hall–Kier alpha value is -2.65. The molecule has 0 spiro atoms. The predicted molar refractivity (Wildman–Crippen MR) is 143 cm³/mol. The monoisotopic (exact) mass is 495 g/mol. The first kappa shape index (κ1) is 24.1. The van der Waals surface area contributed by atoms with Crippen LogP contribution in [0.2, 0.25) is 0 Å². The zero-order valence-corrected chi connectivity index (χ0v) is 22.1. The number of nitrogens with zero attached hydrogens (tertiary/aromatic N) is 6. The van der Waals surface area contributed by atoms with Gasteiger partial charge >= 0.3 is 0 Å². The number of amides is 1. The SMILES string of the molecule is C[C@@H]1CCCCN1C(=O)CN1CCN(c2nn3c(NC(C)(C)C)c(-c4ccccc4)nc3s2)CC1. The summed E-state index contributed by atoms with van der Waals surface area (Å²) < 4.78 is 1.96. The Balaban J connectivity index is 1.29.